The van der Waals surface area contributed by atoms with Crippen molar-refractivity contribution in [3.05, 3.63) is 23.8 Å². The number of halogens is 1. The van der Waals surface area contributed by atoms with Crippen LogP contribution in [0, 0.1) is 5.92 Å². The molecule has 0 amide bonds. The van der Waals surface area contributed by atoms with E-state index in [1.54, 1.807) is 6.08 Å². The number of alkyl halides is 1. The second-order valence-electron chi connectivity index (χ2n) is 8.43. The second kappa shape index (κ2) is 7.13. The van der Waals surface area contributed by atoms with E-state index in [9.17, 15) is 19.8 Å². The predicted octanol–water partition coefficient (Wildman–Crippen LogP) is 1.63. The molecule has 7 nitrogen and oxygen atoms in total. The number of fused-ring (bicyclic) bond motifs is 2. The van der Waals surface area contributed by atoms with Crippen LogP contribution in [0.2, 0.25) is 0 Å². The van der Waals surface area contributed by atoms with E-state index in [1.807, 2.05) is 13.8 Å². The Balaban J connectivity index is 1.97. The van der Waals surface area contributed by atoms with Crippen molar-refractivity contribution in [1.82, 2.24) is 0 Å². The van der Waals surface area contributed by atoms with Crippen molar-refractivity contribution in [2.45, 2.75) is 81.5 Å². The highest BCUT2D eigenvalue weighted by Gasteiger charge is 2.58. The van der Waals surface area contributed by atoms with E-state index in [2.05, 4.69) is 6.58 Å². The van der Waals surface area contributed by atoms with Crippen LogP contribution in [0.3, 0.4) is 0 Å². The van der Waals surface area contributed by atoms with Gasteiger partial charge in [0.15, 0.2) is 5.60 Å². The molecule has 0 aromatic rings. The highest BCUT2D eigenvalue weighted by molar-refractivity contribution is 6.22. The van der Waals surface area contributed by atoms with Gasteiger partial charge in [0.05, 0.1) is 29.1 Å². The molecule has 2 saturated heterocycles. The van der Waals surface area contributed by atoms with Crippen molar-refractivity contribution < 1.29 is 34.0 Å². The van der Waals surface area contributed by atoms with Crippen molar-refractivity contribution in [2.24, 2.45) is 5.92 Å². The molecular formula is C20H27ClO7. The molecule has 0 saturated carbocycles. The zero-order valence-electron chi connectivity index (χ0n) is 16.5. The minimum absolute atomic E-state index is 0.111. The second-order valence-corrected chi connectivity index (χ2v) is 8.95. The molecule has 3 rings (SSSR count). The highest BCUT2D eigenvalue weighted by Crippen LogP contribution is 2.48. The zero-order valence-corrected chi connectivity index (χ0v) is 17.2. The third kappa shape index (κ3) is 3.73. The lowest BCUT2D eigenvalue weighted by Crippen LogP contribution is -2.49. The lowest BCUT2D eigenvalue weighted by Gasteiger charge is -2.32. The molecule has 2 aliphatic heterocycles. The quantitative estimate of drug-likeness (QED) is 0.238. The molecule has 8 heteroatoms. The number of carbonyl (C=O) groups excluding carboxylic acids is 2. The van der Waals surface area contributed by atoms with Gasteiger partial charge in [-0.15, -0.1) is 11.6 Å². The first kappa shape index (κ1) is 21.3. The van der Waals surface area contributed by atoms with E-state index in [1.165, 1.54) is 13.8 Å². The van der Waals surface area contributed by atoms with Crippen LogP contribution in [0.1, 0.15) is 40.5 Å². The van der Waals surface area contributed by atoms with Gasteiger partial charge in [-0.25, -0.2) is 9.59 Å². The first-order valence-electron chi connectivity index (χ1n) is 9.38. The van der Waals surface area contributed by atoms with E-state index in [0.29, 0.717) is 6.42 Å². The van der Waals surface area contributed by atoms with Crippen LogP contribution in [-0.2, 0) is 23.8 Å². The van der Waals surface area contributed by atoms with Gasteiger partial charge in [0.2, 0.25) is 0 Å². The van der Waals surface area contributed by atoms with Crippen molar-refractivity contribution in [3.8, 4) is 0 Å². The minimum atomic E-state index is -2.09. The van der Waals surface area contributed by atoms with Crippen molar-refractivity contribution in [1.29, 1.82) is 0 Å². The minimum Gasteiger partial charge on any atom is -0.459 e. The van der Waals surface area contributed by atoms with Crippen LogP contribution in [0.15, 0.2) is 23.8 Å². The SMILES string of the molecule is C=C1C(=O)OC2C=C(C)C(Cl)CC3OC3(C)CC(OC(=O)C(C)(O)C(C)O)C12. The Kier molecular flexibility index (Phi) is 5.42. The maximum atomic E-state index is 12.6. The molecule has 0 spiro atoms. The summed E-state index contributed by atoms with van der Waals surface area (Å²) in [5, 5.41) is 19.7. The van der Waals surface area contributed by atoms with Crippen molar-refractivity contribution >= 4 is 23.5 Å². The first-order valence-corrected chi connectivity index (χ1v) is 9.82. The number of hydrogen-bond donors (Lipinski definition) is 2. The fourth-order valence-electron chi connectivity index (χ4n) is 3.75. The van der Waals surface area contributed by atoms with E-state index < -0.39 is 47.4 Å². The number of carbonyl (C=O) groups is 2. The van der Waals surface area contributed by atoms with E-state index in [0.717, 1.165) is 5.57 Å². The lowest BCUT2D eigenvalue weighted by atomic mass is 9.82. The third-order valence-corrected chi connectivity index (χ3v) is 6.65. The van der Waals surface area contributed by atoms with Gasteiger partial charge in [-0.3, -0.25) is 0 Å². The fraction of sp³-hybridized carbons (Fsp3) is 0.700. The highest BCUT2D eigenvalue weighted by atomic mass is 35.5. The molecule has 0 aromatic heterocycles. The van der Waals surface area contributed by atoms with Gasteiger partial charge in [-0.05, 0) is 40.2 Å². The first-order chi connectivity index (χ1) is 12.9. The standard InChI is InChI=1S/C20H27ClO7/c1-9-6-13-16(10(2)17(23)26-13)14(27-18(24)20(5,25)11(3)22)8-19(4)15(28-19)7-12(9)21/h6,11-16,22,25H,2,7-8H2,1,3-5H3. The van der Waals surface area contributed by atoms with Crippen LogP contribution in [0.4, 0.5) is 0 Å². The summed E-state index contributed by atoms with van der Waals surface area (Å²) in [5.74, 6) is -2.18. The smallest absolute Gasteiger partial charge is 0.340 e. The number of ether oxygens (including phenoxy) is 3. The number of hydrogen-bond acceptors (Lipinski definition) is 7. The molecule has 2 fully saturated rings. The van der Waals surface area contributed by atoms with Crippen LogP contribution in [0.25, 0.3) is 0 Å². The summed E-state index contributed by atoms with van der Waals surface area (Å²) < 4.78 is 16.9. The Hall–Kier alpha value is -1.41. The molecule has 8 unspecified atom stereocenters. The van der Waals surface area contributed by atoms with Crippen LogP contribution in [-0.4, -0.2) is 63.1 Å². The maximum absolute atomic E-state index is 12.6. The summed E-state index contributed by atoms with van der Waals surface area (Å²) in [5.41, 5.74) is -1.65. The number of rotatable bonds is 3. The largest absolute Gasteiger partial charge is 0.459 e. The normalized spacial score (nSPS) is 41.0. The molecule has 2 N–H and O–H groups in total. The maximum Gasteiger partial charge on any atom is 0.340 e. The molecule has 0 aromatic carbocycles. The van der Waals surface area contributed by atoms with Gasteiger partial charge in [0.25, 0.3) is 0 Å². The average molecular weight is 415 g/mol. The molecular weight excluding hydrogens is 388 g/mol. The molecule has 28 heavy (non-hydrogen) atoms. The number of esters is 2. The zero-order chi connectivity index (χ0) is 21.0. The Morgan fingerprint density at radius 1 is 1.54 bits per heavy atom. The Labute approximate surface area is 169 Å². The summed E-state index contributed by atoms with van der Waals surface area (Å²) in [6, 6.07) is 0. The Bertz CT molecular complexity index is 728. The summed E-state index contributed by atoms with van der Waals surface area (Å²) in [4.78, 5) is 24.8. The number of aliphatic hydroxyl groups excluding tert-OH is 1. The summed E-state index contributed by atoms with van der Waals surface area (Å²) in [6.07, 6.45) is -0.330. The molecule has 156 valence electrons. The van der Waals surface area contributed by atoms with Crippen LogP contribution < -0.4 is 0 Å². The molecule has 8 atom stereocenters. The Morgan fingerprint density at radius 3 is 2.79 bits per heavy atom. The van der Waals surface area contributed by atoms with Crippen molar-refractivity contribution in [3.63, 3.8) is 0 Å². The fourth-order valence-corrected chi connectivity index (χ4v) is 3.99. The number of aliphatic hydroxyl groups is 2. The average Bonchev–Trinajstić information content (AvgIpc) is 3.12. The number of epoxide rings is 1. The van der Waals surface area contributed by atoms with E-state index >= 15 is 0 Å². The molecule has 0 radical (unpaired) electrons. The van der Waals surface area contributed by atoms with Gasteiger partial charge >= 0.3 is 11.9 Å². The Morgan fingerprint density at radius 2 is 2.18 bits per heavy atom. The van der Waals surface area contributed by atoms with E-state index in [4.69, 9.17) is 25.8 Å². The molecule has 0 bridgehead atoms. The van der Waals surface area contributed by atoms with Gasteiger partial charge < -0.3 is 24.4 Å². The monoisotopic (exact) mass is 414 g/mol. The molecule has 1 aliphatic carbocycles. The van der Waals surface area contributed by atoms with Crippen molar-refractivity contribution in [2.75, 3.05) is 0 Å². The molecule has 3 aliphatic rings. The predicted molar refractivity (Wildman–Crippen MR) is 101 cm³/mol. The summed E-state index contributed by atoms with van der Waals surface area (Å²) >= 11 is 6.47. The van der Waals surface area contributed by atoms with E-state index in [-0.39, 0.29) is 23.5 Å². The van der Waals surface area contributed by atoms with Crippen LogP contribution >= 0.6 is 11.6 Å². The lowest BCUT2D eigenvalue weighted by molar-refractivity contribution is -0.183. The number of allylic oxidation sites excluding steroid dienone is 1. The molecule has 2 heterocycles. The third-order valence-electron chi connectivity index (χ3n) is 6.13. The van der Waals surface area contributed by atoms with Gasteiger partial charge in [0.1, 0.15) is 12.2 Å². The topological polar surface area (TPSA) is 106 Å². The summed E-state index contributed by atoms with van der Waals surface area (Å²) in [7, 11) is 0. The summed E-state index contributed by atoms with van der Waals surface area (Å²) in [6.45, 7) is 10.1. The van der Waals surface area contributed by atoms with Gasteiger partial charge in [-0.1, -0.05) is 12.2 Å². The van der Waals surface area contributed by atoms with Crippen LogP contribution in [0.5, 0.6) is 0 Å². The van der Waals surface area contributed by atoms with Gasteiger partial charge in [-0.2, -0.15) is 0 Å². The van der Waals surface area contributed by atoms with Gasteiger partial charge in [0, 0.05) is 12.0 Å².